The zero-order valence-electron chi connectivity index (χ0n) is 15.8. The number of carbonyl (C=O) groups is 2. The lowest BCUT2D eigenvalue weighted by atomic mass is 10.1. The molecule has 0 fully saturated rings. The van der Waals surface area contributed by atoms with Crippen LogP contribution in [0.1, 0.15) is 44.1 Å². The number of methoxy groups -OCH3 is 1. The van der Waals surface area contributed by atoms with Gasteiger partial charge in [0.15, 0.2) is 6.10 Å². The summed E-state index contributed by atoms with van der Waals surface area (Å²) >= 11 is 0. The van der Waals surface area contributed by atoms with E-state index in [2.05, 4.69) is 23.2 Å². The lowest BCUT2D eigenvalue weighted by Crippen LogP contribution is -2.25. The number of nitriles is 1. The van der Waals surface area contributed by atoms with E-state index < -0.39 is 18.0 Å². The first kappa shape index (κ1) is 20.5. The number of hydrogen-bond donors (Lipinski definition) is 0. The van der Waals surface area contributed by atoms with Crippen molar-refractivity contribution in [3.63, 3.8) is 0 Å². The molecule has 0 aromatic carbocycles. The molecule has 25 heavy (non-hydrogen) atoms. The number of nitrogens with zero attached hydrogens (tertiary/aromatic N) is 2. The highest BCUT2D eigenvalue weighted by molar-refractivity contribution is 5.99. The zero-order valence-corrected chi connectivity index (χ0v) is 15.8. The van der Waals surface area contributed by atoms with Gasteiger partial charge in [-0.1, -0.05) is 13.8 Å². The highest BCUT2D eigenvalue weighted by Crippen LogP contribution is 2.20. The van der Waals surface area contributed by atoms with Crippen LogP contribution in [0.3, 0.4) is 0 Å². The molecular weight excluding hydrogens is 320 g/mol. The molecule has 0 radical (unpaired) electrons. The van der Waals surface area contributed by atoms with Gasteiger partial charge in [-0.15, -0.1) is 0 Å². The number of esters is 2. The van der Waals surface area contributed by atoms with Crippen LogP contribution in [0.25, 0.3) is 6.08 Å². The van der Waals surface area contributed by atoms with Gasteiger partial charge in [0.1, 0.15) is 11.6 Å². The van der Waals surface area contributed by atoms with Crippen LogP contribution in [0.2, 0.25) is 0 Å². The Morgan fingerprint density at radius 1 is 1.32 bits per heavy atom. The van der Waals surface area contributed by atoms with E-state index in [9.17, 15) is 14.9 Å². The molecular formula is C19H26N2O4. The maximum Gasteiger partial charge on any atom is 0.349 e. The van der Waals surface area contributed by atoms with Gasteiger partial charge in [0, 0.05) is 17.9 Å². The highest BCUT2D eigenvalue weighted by Gasteiger charge is 2.21. The number of rotatable bonds is 7. The second-order valence-corrected chi connectivity index (χ2v) is 6.40. The van der Waals surface area contributed by atoms with Crippen molar-refractivity contribution in [3.8, 4) is 6.07 Å². The average molecular weight is 346 g/mol. The molecule has 0 saturated heterocycles. The molecule has 1 rings (SSSR count). The smallest absolute Gasteiger partial charge is 0.349 e. The summed E-state index contributed by atoms with van der Waals surface area (Å²) < 4.78 is 11.6. The van der Waals surface area contributed by atoms with Gasteiger partial charge in [-0.2, -0.15) is 5.26 Å². The van der Waals surface area contributed by atoms with Crippen molar-refractivity contribution in [3.05, 3.63) is 28.6 Å². The Morgan fingerprint density at radius 2 is 1.96 bits per heavy atom. The van der Waals surface area contributed by atoms with Crippen molar-refractivity contribution in [1.29, 1.82) is 5.26 Å². The summed E-state index contributed by atoms with van der Waals surface area (Å²) in [5.41, 5.74) is 2.69. The summed E-state index contributed by atoms with van der Waals surface area (Å²) in [4.78, 5) is 23.4. The van der Waals surface area contributed by atoms with Crippen LogP contribution < -0.4 is 0 Å². The Hall–Kier alpha value is -2.55. The number of ether oxygens (including phenoxy) is 2. The first-order chi connectivity index (χ1) is 11.7. The summed E-state index contributed by atoms with van der Waals surface area (Å²) in [7, 11) is 1.21. The molecule has 6 heteroatoms. The Balaban J connectivity index is 3.03. The van der Waals surface area contributed by atoms with Gasteiger partial charge in [-0.3, -0.25) is 0 Å². The van der Waals surface area contributed by atoms with Crippen LogP contribution in [0.15, 0.2) is 11.6 Å². The molecule has 0 saturated carbocycles. The first-order valence-corrected chi connectivity index (χ1v) is 8.28. The minimum absolute atomic E-state index is 0.153. The van der Waals surface area contributed by atoms with Gasteiger partial charge in [-0.25, -0.2) is 9.59 Å². The minimum atomic E-state index is -1.06. The van der Waals surface area contributed by atoms with Crippen molar-refractivity contribution >= 4 is 18.0 Å². The predicted octanol–water partition coefficient (Wildman–Crippen LogP) is 3.16. The molecule has 136 valence electrons. The topological polar surface area (TPSA) is 81.3 Å². The maximum absolute atomic E-state index is 12.1. The van der Waals surface area contributed by atoms with Crippen molar-refractivity contribution in [2.45, 2.75) is 53.7 Å². The van der Waals surface area contributed by atoms with Gasteiger partial charge in [0.25, 0.3) is 0 Å². The number of carbonyl (C=O) groups excluding carboxylic acids is 2. The summed E-state index contributed by atoms with van der Waals surface area (Å²) in [6.45, 7) is 10.6. The molecule has 0 N–H and O–H groups in total. The van der Waals surface area contributed by atoms with E-state index in [0.717, 1.165) is 29.9 Å². The van der Waals surface area contributed by atoms with E-state index in [1.807, 2.05) is 26.0 Å². The molecule has 0 aliphatic heterocycles. The van der Waals surface area contributed by atoms with Gasteiger partial charge in [0.2, 0.25) is 0 Å². The monoisotopic (exact) mass is 346 g/mol. The Kier molecular flexibility index (Phi) is 7.43. The lowest BCUT2D eigenvalue weighted by molar-refractivity contribution is -0.161. The van der Waals surface area contributed by atoms with Crippen LogP contribution in [0, 0.1) is 31.1 Å². The van der Waals surface area contributed by atoms with Gasteiger partial charge >= 0.3 is 11.9 Å². The van der Waals surface area contributed by atoms with Crippen molar-refractivity contribution in [1.82, 2.24) is 4.57 Å². The normalized spacial score (nSPS) is 12.6. The number of aryl methyl sites for hydroxylation is 1. The predicted molar refractivity (Wildman–Crippen MR) is 94.5 cm³/mol. The zero-order chi connectivity index (χ0) is 19.1. The average Bonchev–Trinajstić information content (AvgIpc) is 2.82. The summed E-state index contributed by atoms with van der Waals surface area (Å²) in [6, 6.07) is 3.78. The van der Waals surface area contributed by atoms with Gasteiger partial charge in [0.05, 0.1) is 7.11 Å². The summed E-state index contributed by atoms with van der Waals surface area (Å²) in [5, 5.41) is 9.27. The van der Waals surface area contributed by atoms with Crippen molar-refractivity contribution in [2.24, 2.45) is 5.92 Å². The van der Waals surface area contributed by atoms with Crippen LogP contribution >= 0.6 is 0 Å². The van der Waals surface area contributed by atoms with Crippen LogP contribution in [-0.4, -0.2) is 29.7 Å². The van der Waals surface area contributed by atoms with E-state index >= 15 is 0 Å². The van der Waals surface area contributed by atoms with E-state index in [1.165, 1.54) is 20.1 Å². The van der Waals surface area contributed by atoms with E-state index in [0.29, 0.717) is 5.92 Å². The molecule has 1 unspecified atom stereocenters. The fourth-order valence-corrected chi connectivity index (χ4v) is 2.44. The standard InChI is InChI=1S/C19H26N2O4/c1-12(2)7-8-21-13(3)9-16(14(21)4)10-17(11-20)19(23)25-15(5)18(22)24-6/h9-10,12,15H,7-8H2,1-6H3/b17-10+. The first-order valence-electron chi connectivity index (χ1n) is 8.28. The van der Waals surface area contributed by atoms with Crippen molar-refractivity contribution in [2.75, 3.05) is 7.11 Å². The van der Waals surface area contributed by atoms with Crippen LogP contribution in [0.4, 0.5) is 0 Å². The Morgan fingerprint density at radius 3 is 2.48 bits per heavy atom. The third-order valence-corrected chi connectivity index (χ3v) is 4.00. The van der Waals surface area contributed by atoms with Crippen LogP contribution in [-0.2, 0) is 25.6 Å². The third-order valence-electron chi connectivity index (χ3n) is 4.00. The lowest BCUT2D eigenvalue weighted by Gasteiger charge is -2.11. The molecule has 0 bridgehead atoms. The quantitative estimate of drug-likeness (QED) is 0.430. The molecule has 0 aliphatic rings. The molecule has 6 nitrogen and oxygen atoms in total. The number of aromatic nitrogens is 1. The van der Waals surface area contributed by atoms with E-state index in [-0.39, 0.29) is 5.57 Å². The largest absolute Gasteiger partial charge is 0.466 e. The van der Waals surface area contributed by atoms with E-state index in [1.54, 1.807) is 0 Å². The Labute approximate surface area is 149 Å². The fourth-order valence-electron chi connectivity index (χ4n) is 2.44. The fraction of sp³-hybridized carbons (Fsp3) is 0.526. The van der Waals surface area contributed by atoms with Crippen LogP contribution in [0.5, 0.6) is 0 Å². The molecule has 1 aromatic heterocycles. The van der Waals surface area contributed by atoms with E-state index in [4.69, 9.17) is 4.74 Å². The third kappa shape index (κ3) is 5.49. The molecule has 1 heterocycles. The second-order valence-electron chi connectivity index (χ2n) is 6.40. The van der Waals surface area contributed by atoms with Gasteiger partial charge < -0.3 is 14.0 Å². The molecule has 1 atom stereocenters. The maximum atomic E-state index is 12.1. The number of hydrogen-bond acceptors (Lipinski definition) is 5. The summed E-state index contributed by atoms with van der Waals surface area (Å²) in [6.07, 6.45) is 1.48. The highest BCUT2D eigenvalue weighted by atomic mass is 16.6. The second kappa shape index (κ2) is 9.07. The molecule has 0 aliphatic carbocycles. The SMILES string of the molecule is COC(=O)C(C)OC(=O)/C(C#N)=C/c1cc(C)n(CCC(C)C)c1C. The Bertz CT molecular complexity index is 708. The minimum Gasteiger partial charge on any atom is -0.466 e. The molecule has 0 spiro atoms. The summed E-state index contributed by atoms with van der Waals surface area (Å²) in [5.74, 6) is -0.922. The van der Waals surface area contributed by atoms with Gasteiger partial charge in [-0.05, 0) is 50.8 Å². The van der Waals surface area contributed by atoms with Crippen molar-refractivity contribution < 1.29 is 19.1 Å². The molecule has 0 amide bonds. The molecule has 1 aromatic rings.